The van der Waals surface area contributed by atoms with Crippen molar-refractivity contribution in [3.05, 3.63) is 48.1 Å². The van der Waals surface area contributed by atoms with E-state index in [0.717, 1.165) is 30.5 Å². The van der Waals surface area contributed by atoms with Crippen LogP contribution >= 0.6 is 0 Å². The van der Waals surface area contributed by atoms with Gasteiger partial charge in [-0.25, -0.2) is 0 Å². The number of allylic oxidation sites excluding steroid dienone is 2. The third-order valence-electron chi connectivity index (χ3n) is 5.55. The molecule has 1 aromatic rings. The summed E-state index contributed by atoms with van der Waals surface area (Å²) in [5.41, 5.74) is 3.24. The highest BCUT2D eigenvalue weighted by Gasteiger charge is 2.38. The molecule has 1 saturated heterocycles. The lowest BCUT2D eigenvalue weighted by atomic mass is 9.79. The second-order valence-corrected chi connectivity index (χ2v) is 7.13. The second-order valence-electron chi connectivity index (χ2n) is 7.13. The van der Waals surface area contributed by atoms with Crippen molar-refractivity contribution in [1.29, 1.82) is 0 Å². The molecule has 2 aliphatic rings. The third-order valence-corrected chi connectivity index (χ3v) is 5.55. The first-order valence-electron chi connectivity index (χ1n) is 9.60. The van der Waals surface area contributed by atoms with E-state index < -0.39 is 0 Å². The minimum Gasteiger partial charge on any atom is -0.493 e. The van der Waals surface area contributed by atoms with E-state index in [1.807, 2.05) is 17.0 Å². The van der Waals surface area contributed by atoms with Gasteiger partial charge in [-0.3, -0.25) is 4.79 Å². The number of methoxy groups -OCH3 is 2. The molecule has 0 unspecified atom stereocenters. The van der Waals surface area contributed by atoms with Gasteiger partial charge in [0.05, 0.1) is 26.4 Å². The Morgan fingerprint density at radius 1 is 1.29 bits per heavy atom. The molecule has 1 fully saturated rings. The number of carbonyl (C=O) groups is 1. The Balaban J connectivity index is 1.84. The Kier molecular flexibility index (Phi) is 6.75. The van der Waals surface area contributed by atoms with Gasteiger partial charge >= 0.3 is 0 Å². The molecule has 28 heavy (non-hydrogen) atoms. The number of ether oxygens (including phenoxy) is 4. The fourth-order valence-electron chi connectivity index (χ4n) is 3.97. The molecule has 3 rings (SSSR count). The third kappa shape index (κ3) is 4.23. The van der Waals surface area contributed by atoms with Crippen molar-refractivity contribution in [1.82, 2.24) is 4.90 Å². The van der Waals surface area contributed by atoms with E-state index in [1.165, 1.54) is 5.56 Å². The van der Waals surface area contributed by atoms with Crippen molar-refractivity contribution in [2.24, 2.45) is 5.92 Å². The number of piperidine rings is 1. The van der Waals surface area contributed by atoms with Gasteiger partial charge in [-0.2, -0.15) is 0 Å². The maximum Gasteiger partial charge on any atom is 0.223 e. The van der Waals surface area contributed by atoms with Gasteiger partial charge in [0, 0.05) is 20.1 Å². The first-order chi connectivity index (χ1) is 13.6. The molecule has 1 amide bonds. The Bertz CT molecular complexity index is 745. The van der Waals surface area contributed by atoms with Gasteiger partial charge in [-0.05, 0) is 42.0 Å². The topological polar surface area (TPSA) is 57.2 Å². The summed E-state index contributed by atoms with van der Waals surface area (Å²) in [4.78, 5) is 14.7. The summed E-state index contributed by atoms with van der Waals surface area (Å²) in [7, 11) is 3.26. The summed E-state index contributed by atoms with van der Waals surface area (Å²) in [6.45, 7) is 9.70. The van der Waals surface area contributed by atoms with Crippen LogP contribution in [0.3, 0.4) is 0 Å². The van der Waals surface area contributed by atoms with E-state index in [0.29, 0.717) is 31.1 Å². The summed E-state index contributed by atoms with van der Waals surface area (Å²) in [6, 6.07) is 4.04. The van der Waals surface area contributed by atoms with E-state index in [4.69, 9.17) is 18.9 Å². The average Bonchev–Trinajstić information content (AvgIpc) is 2.72. The van der Waals surface area contributed by atoms with E-state index in [2.05, 4.69) is 13.2 Å². The van der Waals surface area contributed by atoms with E-state index in [-0.39, 0.29) is 24.7 Å². The Morgan fingerprint density at radius 2 is 2.11 bits per heavy atom. The number of hydrogen-bond donors (Lipinski definition) is 0. The summed E-state index contributed by atoms with van der Waals surface area (Å²) in [6.07, 6.45) is 3.92. The first-order valence-corrected chi connectivity index (χ1v) is 9.60. The van der Waals surface area contributed by atoms with Crippen molar-refractivity contribution in [3.63, 3.8) is 0 Å². The molecule has 0 saturated carbocycles. The van der Waals surface area contributed by atoms with Crippen LogP contribution in [0, 0.1) is 5.92 Å². The maximum absolute atomic E-state index is 12.7. The number of hydrogen-bond acceptors (Lipinski definition) is 5. The molecule has 2 aliphatic heterocycles. The van der Waals surface area contributed by atoms with Gasteiger partial charge < -0.3 is 23.8 Å². The van der Waals surface area contributed by atoms with Crippen LogP contribution in [-0.4, -0.2) is 51.6 Å². The molecule has 0 aromatic heterocycles. The van der Waals surface area contributed by atoms with Crippen LogP contribution in [0.5, 0.6) is 11.5 Å². The number of amides is 1. The van der Waals surface area contributed by atoms with Crippen LogP contribution in [0.15, 0.2) is 36.9 Å². The van der Waals surface area contributed by atoms with Gasteiger partial charge in [0.1, 0.15) is 0 Å². The molecule has 1 aromatic carbocycles. The highest BCUT2D eigenvalue weighted by atomic mass is 16.7. The lowest BCUT2D eigenvalue weighted by molar-refractivity contribution is -0.138. The van der Waals surface area contributed by atoms with Crippen LogP contribution in [0.25, 0.3) is 0 Å². The Hall–Kier alpha value is -2.31. The molecule has 0 bridgehead atoms. The van der Waals surface area contributed by atoms with E-state index >= 15 is 0 Å². The van der Waals surface area contributed by atoms with Crippen LogP contribution < -0.4 is 9.47 Å². The van der Waals surface area contributed by atoms with Gasteiger partial charge in [-0.15, -0.1) is 0 Å². The summed E-state index contributed by atoms with van der Waals surface area (Å²) < 4.78 is 21.7. The predicted octanol–water partition coefficient (Wildman–Crippen LogP) is 3.27. The molecule has 0 radical (unpaired) electrons. The monoisotopic (exact) mass is 387 g/mol. The number of nitrogens with zero attached hydrogens (tertiary/aromatic N) is 1. The molecule has 0 N–H and O–H groups in total. The van der Waals surface area contributed by atoms with E-state index in [1.54, 1.807) is 20.3 Å². The molecule has 0 spiro atoms. The smallest absolute Gasteiger partial charge is 0.223 e. The van der Waals surface area contributed by atoms with Gasteiger partial charge in [-0.1, -0.05) is 24.8 Å². The average molecular weight is 387 g/mol. The van der Waals surface area contributed by atoms with Crippen molar-refractivity contribution < 1.29 is 23.7 Å². The van der Waals surface area contributed by atoms with Crippen molar-refractivity contribution in [2.75, 3.05) is 40.8 Å². The number of carbonyl (C=O) groups excluding carboxylic acids is 1. The van der Waals surface area contributed by atoms with Crippen molar-refractivity contribution in [3.8, 4) is 11.5 Å². The minimum atomic E-state index is 0.0226. The summed E-state index contributed by atoms with van der Waals surface area (Å²) in [5.74, 6) is 1.60. The molecule has 152 valence electrons. The Morgan fingerprint density at radius 3 is 2.82 bits per heavy atom. The zero-order valence-corrected chi connectivity index (χ0v) is 16.7. The van der Waals surface area contributed by atoms with Crippen LogP contribution in [-0.2, 0) is 20.7 Å². The highest BCUT2D eigenvalue weighted by molar-refractivity contribution is 5.79. The maximum atomic E-state index is 12.7. The lowest BCUT2D eigenvalue weighted by Crippen LogP contribution is -2.45. The van der Waals surface area contributed by atoms with Gasteiger partial charge in [0.2, 0.25) is 5.91 Å². The van der Waals surface area contributed by atoms with Gasteiger partial charge in [0.25, 0.3) is 0 Å². The van der Waals surface area contributed by atoms with Crippen LogP contribution in [0.4, 0.5) is 0 Å². The molecule has 6 nitrogen and oxygen atoms in total. The van der Waals surface area contributed by atoms with Crippen LogP contribution in [0.1, 0.15) is 30.0 Å². The van der Waals surface area contributed by atoms with E-state index in [9.17, 15) is 4.79 Å². The quantitative estimate of drug-likeness (QED) is 0.370. The number of benzene rings is 1. The SMILES string of the molecule is C=CC(=C)[C@H]1CC(=O)N2CCc3cc(OC)c(OCOCCOC)cc3[C@@H]2C1. The van der Waals surface area contributed by atoms with Gasteiger partial charge in [0.15, 0.2) is 18.3 Å². The first kappa shape index (κ1) is 20.4. The molecule has 2 heterocycles. The fourth-order valence-corrected chi connectivity index (χ4v) is 3.97. The number of rotatable bonds is 9. The zero-order valence-electron chi connectivity index (χ0n) is 16.7. The highest BCUT2D eigenvalue weighted by Crippen LogP contribution is 2.44. The summed E-state index contributed by atoms with van der Waals surface area (Å²) >= 11 is 0. The molecular formula is C22H29NO5. The molecule has 0 aliphatic carbocycles. The fraction of sp³-hybridized carbons (Fsp3) is 0.500. The van der Waals surface area contributed by atoms with Crippen molar-refractivity contribution in [2.45, 2.75) is 25.3 Å². The van der Waals surface area contributed by atoms with Crippen LogP contribution in [0.2, 0.25) is 0 Å². The predicted molar refractivity (Wildman–Crippen MR) is 107 cm³/mol. The Labute approximate surface area is 166 Å². The minimum absolute atomic E-state index is 0.0226. The molecule has 6 heteroatoms. The normalized spacial score (nSPS) is 20.9. The van der Waals surface area contributed by atoms with Crippen molar-refractivity contribution >= 4 is 5.91 Å². The number of fused-ring (bicyclic) bond motifs is 3. The zero-order chi connectivity index (χ0) is 20.1. The second kappa shape index (κ2) is 9.26. The molecule has 2 atom stereocenters. The largest absolute Gasteiger partial charge is 0.493 e. The standard InChI is InChI=1S/C22H29NO5/c1-5-15(2)17-10-19-18-13-21(28-14-27-9-8-25-3)20(26-4)11-16(18)6-7-23(19)22(24)12-17/h5,11,13,17,19H,1-2,6-10,12,14H2,3-4H3/t17-,19+/m1/s1. The lowest BCUT2D eigenvalue weighted by Gasteiger charge is -2.43. The summed E-state index contributed by atoms with van der Waals surface area (Å²) in [5, 5.41) is 0. The molecular weight excluding hydrogens is 358 g/mol.